The summed E-state index contributed by atoms with van der Waals surface area (Å²) in [5, 5.41) is 3.38. The van der Waals surface area contributed by atoms with Gasteiger partial charge in [-0.25, -0.2) is 13.1 Å². The average molecular weight is 300 g/mol. The van der Waals surface area contributed by atoms with Crippen LogP contribution in [0.1, 0.15) is 18.9 Å². The zero-order valence-corrected chi connectivity index (χ0v) is 13.2. The van der Waals surface area contributed by atoms with Gasteiger partial charge >= 0.3 is 0 Å². The van der Waals surface area contributed by atoms with Gasteiger partial charge in [0.15, 0.2) is 0 Å². The lowest BCUT2D eigenvalue weighted by molar-refractivity contribution is 0.414. The van der Waals surface area contributed by atoms with Crippen LogP contribution in [0.15, 0.2) is 24.3 Å². The fraction of sp³-hybridized carbons (Fsp3) is 0.571. The maximum atomic E-state index is 10.9. The molecule has 0 heterocycles. The van der Waals surface area contributed by atoms with Gasteiger partial charge in [0.2, 0.25) is 10.0 Å². The first-order valence-electron chi connectivity index (χ1n) is 6.71. The molecule has 2 N–H and O–H groups in total. The topological polar surface area (TPSA) is 67.4 Å². The second-order valence-corrected chi connectivity index (χ2v) is 6.76. The lowest BCUT2D eigenvalue weighted by Crippen LogP contribution is -2.31. The van der Waals surface area contributed by atoms with Gasteiger partial charge in [0.25, 0.3) is 0 Å². The van der Waals surface area contributed by atoms with Crippen molar-refractivity contribution in [1.29, 1.82) is 0 Å². The molecule has 0 bridgehead atoms. The fourth-order valence-corrected chi connectivity index (χ4v) is 2.40. The van der Waals surface area contributed by atoms with Crippen LogP contribution in [0, 0.1) is 0 Å². The quantitative estimate of drug-likeness (QED) is 0.672. The highest BCUT2D eigenvalue weighted by Crippen LogP contribution is 2.12. The van der Waals surface area contributed by atoms with Crippen molar-refractivity contribution in [3.8, 4) is 5.75 Å². The number of hydrogen-bond donors (Lipinski definition) is 2. The van der Waals surface area contributed by atoms with E-state index in [0.717, 1.165) is 25.1 Å². The number of rotatable bonds is 9. The lowest BCUT2D eigenvalue weighted by atomic mass is 10.1. The molecule has 1 aromatic carbocycles. The minimum atomic E-state index is -3.07. The molecule has 0 radical (unpaired) electrons. The smallest absolute Gasteiger partial charge is 0.208 e. The Balaban J connectivity index is 2.21. The molecule has 1 unspecified atom stereocenters. The van der Waals surface area contributed by atoms with E-state index < -0.39 is 10.0 Å². The third-order valence-electron chi connectivity index (χ3n) is 2.91. The highest BCUT2D eigenvalue weighted by atomic mass is 32.2. The number of hydrogen-bond acceptors (Lipinski definition) is 4. The van der Waals surface area contributed by atoms with Crippen molar-refractivity contribution in [2.24, 2.45) is 0 Å². The summed E-state index contributed by atoms with van der Waals surface area (Å²) < 4.78 is 29.4. The van der Waals surface area contributed by atoms with Crippen LogP contribution >= 0.6 is 0 Å². The maximum absolute atomic E-state index is 10.9. The van der Waals surface area contributed by atoms with Gasteiger partial charge in [0, 0.05) is 12.6 Å². The summed E-state index contributed by atoms with van der Waals surface area (Å²) in [6.45, 7) is 3.38. The Bertz CT molecular complexity index is 486. The number of sulfonamides is 1. The molecule has 0 fully saturated rings. The van der Waals surface area contributed by atoms with Gasteiger partial charge in [-0.2, -0.15) is 0 Å². The largest absolute Gasteiger partial charge is 0.497 e. The van der Waals surface area contributed by atoms with E-state index in [1.54, 1.807) is 7.11 Å². The summed E-state index contributed by atoms with van der Waals surface area (Å²) in [7, 11) is -1.41. The standard InChI is InChI=1S/C14H24N2O3S/c1-12(15-9-4-10-16-20(3,17)18)11-13-5-7-14(19-2)8-6-13/h5-8,12,15-16H,4,9-11H2,1-3H3. The highest BCUT2D eigenvalue weighted by molar-refractivity contribution is 7.88. The number of benzene rings is 1. The summed E-state index contributed by atoms with van der Waals surface area (Å²) >= 11 is 0. The molecule has 0 spiro atoms. The molecule has 5 nitrogen and oxygen atoms in total. The summed E-state index contributed by atoms with van der Waals surface area (Å²) in [4.78, 5) is 0. The van der Waals surface area contributed by atoms with Gasteiger partial charge in [-0.05, 0) is 44.0 Å². The second kappa shape index (κ2) is 8.24. The van der Waals surface area contributed by atoms with Gasteiger partial charge in [0.05, 0.1) is 13.4 Å². The van der Waals surface area contributed by atoms with Gasteiger partial charge in [0.1, 0.15) is 5.75 Å². The van der Waals surface area contributed by atoms with Gasteiger partial charge in [-0.15, -0.1) is 0 Å². The van der Waals surface area contributed by atoms with Crippen LogP contribution in [-0.4, -0.2) is 40.9 Å². The van der Waals surface area contributed by atoms with Gasteiger partial charge in [-0.1, -0.05) is 12.1 Å². The zero-order chi connectivity index (χ0) is 15.0. The molecule has 0 aliphatic carbocycles. The first kappa shape index (κ1) is 16.9. The van der Waals surface area contributed by atoms with Crippen LogP contribution < -0.4 is 14.8 Å². The Morgan fingerprint density at radius 1 is 1.20 bits per heavy atom. The van der Waals surface area contributed by atoms with Crippen molar-refractivity contribution in [3.05, 3.63) is 29.8 Å². The van der Waals surface area contributed by atoms with Crippen LogP contribution in [-0.2, 0) is 16.4 Å². The maximum Gasteiger partial charge on any atom is 0.208 e. The SMILES string of the molecule is COc1ccc(CC(C)NCCCNS(C)(=O)=O)cc1. The van der Waals surface area contributed by atoms with Crippen molar-refractivity contribution in [2.75, 3.05) is 26.5 Å². The molecule has 1 aromatic rings. The van der Waals surface area contributed by atoms with Crippen molar-refractivity contribution in [1.82, 2.24) is 10.0 Å². The predicted octanol–water partition coefficient (Wildman–Crippen LogP) is 1.16. The van der Waals surface area contributed by atoms with E-state index in [9.17, 15) is 8.42 Å². The molecule has 0 amide bonds. The molecule has 0 saturated heterocycles. The Morgan fingerprint density at radius 3 is 2.40 bits per heavy atom. The Hall–Kier alpha value is -1.11. The van der Waals surface area contributed by atoms with Crippen LogP contribution in [0.2, 0.25) is 0 Å². The average Bonchev–Trinajstić information content (AvgIpc) is 2.38. The molecule has 0 aliphatic rings. The van der Waals surface area contributed by atoms with Crippen molar-refractivity contribution in [3.63, 3.8) is 0 Å². The number of nitrogens with one attached hydrogen (secondary N) is 2. The summed E-state index contributed by atoms with van der Waals surface area (Å²) in [6, 6.07) is 8.38. The summed E-state index contributed by atoms with van der Waals surface area (Å²) in [5.41, 5.74) is 1.25. The third-order valence-corrected chi connectivity index (χ3v) is 3.64. The van der Waals surface area contributed by atoms with E-state index in [-0.39, 0.29) is 0 Å². The normalized spacial score (nSPS) is 13.2. The van der Waals surface area contributed by atoms with Crippen LogP contribution in [0.4, 0.5) is 0 Å². The van der Waals surface area contributed by atoms with Crippen molar-refractivity contribution >= 4 is 10.0 Å². The minimum Gasteiger partial charge on any atom is -0.497 e. The molecule has 0 aromatic heterocycles. The van der Waals surface area contributed by atoms with Crippen molar-refractivity contribution < 1.29 is 13.2 Å². The Kier molecular flexibility index (Phi) is 6.98. The zero-order valence-electron chi connectivity index (χ0n) is 12.3. The molecular formula is C14H24N2O3S. The fourth-order valence-electron chi connectivity index (χ4n) is 1.88. The number of methoxy groups -OCH3 is 1. The number of ether oxygens (including phenoxy) is 1. The summed E-state index contributed by atoms with van der Waals surface area (Å²) in [5.74, 6) is 0.862. The van der Waals surface area contributed by atoms with E-state index in [0.29, 0.717) is 12.6 Å². The van der Waals surface area contributed by atoms with Crippen LogP contribution in [0.25, 0.3) is 0 Å². The lowest BCUT2D eigenvalue weighted by Gasteiger charge is -2.14. The first-order chi connectivity index (χ1) is 9.40. The van der Waals surface area contributed by atoms with Crippen molar-refractivity contribution in [2.45, 2.75) is 25.8 Å². The van der Waals surface area contributed by atoms with Gasteiger partial charge in [-0.3, -0.25) is 0 Å². The second-order valence-electron chi connectivity index (χ2n) is 4.93. The molecule has 20 heavy (non-hydrogen) atoms. The molecule has 6 heteroatoms. The first-order valence-corrected chi connectivity index (χ1v) is 8.61. The van der Waals surface area contributed by atoms with E-state index in [4.69, 9.17) is 4.74 Å². The third kappa shape index (κ3) is 7.47. The molecule has 0 aliphatic heterocycles. The Morgan fingerprint density at radius 2 is 1.85 bits per heavy atom. The molecule has 1 atom stereocenters. The van der Waals surface area contributed by atoms with E-state index in [1.807, 2.05) is 12.1 Å². The molecule has 0 saturated carbocycles. The Labute approximate surface area is 121 Å². The summed E-state index contributed by atoms with van der Waals surface area (Å²) in [6.07, 6.45) is 2.89. The predicted molar refractivity (Wildman–Crippen MR) is 81.6 cm³/mol. The monoisotopic (exact) mass is 300 g/mol. The van der Waals surface area contributed by atoms with Crippen LogP contribution in [0.3, 0.4) is 0 Å². The van der Waals surface area contributed by atoms with Crippen LogP contribution in [0.5, 0.6) is 5.75 Å². The van der Waals surface area contributed by atoms with E-state index >= 15 is 0 Å². The molecule has 114 valence electrons. The highest BCUT2D eigenvalue weighted by Gasteiger charge is 2.04. The molecule has 1 rings (SSSR count). The molecular weight excluding hydrogens is 276 g/mol. The minimum absolute atomic E-state index is 0.349. The van der Waals surface area contributed by atoms with E-state index in [1.165, 1.54) is 11.8 Å². The van der Waals surface area contributed by atoms with Gasteiger partial charge < -0.3 is 10.1 Å². The van der Waals surface area contributed by atoms with E-state index in [2.05, 4.69) is 29.1 Å².